The van der Waals surface area contributed by atoms with Gasteiger partial charge in [-0.1, -0.05) is 35.3 Å². The number of carboxylic acid groups (broad SMARTS) is 1. The fourth-order valence-electron chi connectivity index (χ4n) is 8.12. The van der Waals surface area contributed by atoms with Crippen LogP contribution in [0.15, 0.2) is 78.7 Å². The zero-order valence-corrected chi connectivity index (χ0v) is 40.3. The molecule has 0 aliphatic carbocycles. The van der Waals surface area contributed by atoms with E-state index in [1.54, 1.807) is 67.7 Å². The standard InChI is InChI=1S/C23H25ClN8O3.C23H26ClN5O4/c1-14-11-30(22(34)35-23(2,3)4)8-9-31(14)19-18-17(21(33)28-29-25)12-32(20(18)27-13-26-19)16-7-5-6-15(24)10-16;1-14-11-27(22(32)33-23(2,3)4)8-9-28(14)19-18-17(21(30)31)12-29(20(18)26-13-25-19)16-7-5-6-15(24)10-16/h5-7,10,12-14H,8-9,11H2,1-4H3;5-7,10,12-14H,8-9,11H2,1-4H3,(H,30,31)/t2*14-/m00/s1. The summed E-state index contributed by atoms with van der Waals surface area (Å²) in [7, 11) is 0. The molecule has 0 unspecified atom stereocenters. The number of ether oxygens (including phenoxy) is 2. The highest BCUT2D eigenvalue weighted by Crippen LogP contribution is 2.35. The molecule has 68 heavy (non-hydrogen) atoms. The van der Waals surface area contributed by atoms with Gasteiger partial charge in [0.15, 0.2) is 11.3 Å². The van der Waals surface area contributed by atoms with Crippen LogP contribution in [0.1, 0.15) is 76.1 Å². The van der Waals surface area contributed by atoms with Crippen LogP contribution in [0.2, 0.25) is 10.0 Å². The number of carboxylic acids is 1. The SMILES string of the molecule is C[C@H]1CN(C(=O)OC(C)(C)C)CCN1c1ncnc2c1c(C(=O)N=[N+]=[N-])cn2-c1cccc(Cl)c1.C[C@H]1CN(C(=O)OC(C)(C)C)CCN1c1ncnc2c1c(C(=O)O)cn2-c1cccc(Cl)c1. The maximum absolute atomic E-state index is 12.8. The van der Waals surface area contributed by atoms with Crippen molar-refractivity contribution in [1.29, 1.82) is 0 Å². The number of amides is 3. The van der Waals surface area contributed by atoms with Crippen molar-refractivity contribution in [3.8, 4) is 11.4 Å². The number of carbonyl (C=O) groups is 4. The Morgan fingerprint density at radius 1 is 0.691 bits per heavy atom. The van der Waals surface area contributed by atoms with Crippen LogP contribution in [0, 0.1) is 0 Å². The second kappa shape index (κ2) is 19.6. The van der Waals surface area contributed by atoms with Crippen molar-refractivity contribution >= 4 is 81.0 Å². The summed E-state index contributed by atoms with van der Waals surface area (Å²) in [5, 5.41) is 15.2. The fraction of sp³-hybridized carbons (Fsp3) is 0.391. The van der Waals surface area contributed by atoms with Crippen LogP contribution in [-0.2, 0) is 9.47 Å². The number of rotatable bonds is 6. The van der Waals surface area contributed by atoms with Gasteiger partial charge in [0.2, 0.25) is 0 Å². The first-order chi connectivity index (χ1) is 32.1. The Balaban J connectivity index is 0.000000202. The summed E-state index contributed by atoms with van der Waals surface area (Å²) in [6.07, 6.45) is 5.24. The van der Waals surface area contributed by atoms with Crippen LogP contribution in [0.25, 0.3) is 43.9 Å². The van der Waals surface area contributed by atoms with Crippen molar-refractivity contribution < 1.29 is 33.8 Å². The predicted molar refractivity (Wildman–Crippen MR) is 257 cm³/mol. The number of azide groups is 1. The molecule has 22 heteroatoms. The fourth-order valence-corrected chi connectivity index (χ4v) is 8.49. The van der Waals surface area contributed by atoms with E-state index in [1.807, 2.05) is 77.3 Å². The molecule has 3 amide bonds. The topological polar surface area (TPSA) is 230 Å². The number of halogens is 2. The number of anilines is 2. The average molecular weight is 969 g/mol. The molecule has 2 aromatic carbocycles. The van der Waals surface area contributed by atoms with Crippen LogP contribution in [0.4, 0.5) is 21.2 Å². The van der Waals surface area contributed by atoms with Gasteiger partial charge in [-0.05, 0) is 102 Å². The van der Waals surface area contributed by atoms with Crippen molar-refractivity contribution in [3.63, 3.8) is 0 Å². The molecular weight excluding hydrogens is 917 g/mol. The van der Waals surface area contributed by atoms with E-state index in [4.69, 9.17) is 38.2 Å². The normalized spacial score (nSPS) is 16.5. The highest BCUT2D eigenvalue weighted by Gasteiger charge is 2.35. The minimum Gasteiger partial charge on any atom is -0.478 e. The van der Waals surface area contributed by atoms with Crippen LogP contribution < -0.4 is 9.80 Å². The lowest BCUT2D eigenvalue weighted by Crippen LogP contribution is -2.54. The Morgan fingerprint density at radius 2 is 1.12 bits per heavy atom. The molecule has 2 aliphatic rings. The second-order valence-corrected chi connectivity index (χ2v) is 19.2. The summed E-state index contributed by atoms with van der Waals surface area (Å²) in [4.78, 5) is 77.8. The molecule has 6 aromatic rings. The van der Waals surface area contributed by atoms with Gasteiger partial charge in [0.25, 0.3) is 5.91 Å². The predicted octanol–water partition coefficient (Wildman–Crippen LogP) is 9.19. The highest BCUT2D eigenvalue weighted by molar-refractivity contribution is 6.31. The van der Waals surface area contributed by atoms with E-state index in [-0.39, 0.29) is 35.4 Å². The van der Waals surface area contributed by atoms with Crippen molar-refractivity contribution in [2.75, 3.05) is 49.1 Å². The summed E-state index contributed by atoms with van der Waals surface area (Å²) in [5.74, 6) is -0.774. The summed E-state index contributed by atoms with van der Waals surface area (Å²) in [6, 6.07) is 14.0. The van der Waals surface area contributed by atoms with E-state index in [0.29, 0.717) is 94.4 Å². The highest BCUT2D eigenvalue weighted by atomic mass is 35.5. The minimum atomic E-state index is -1.07. The zero-order chi connectivity index (χ0) is 49.2. The first kappa shape index (κ1) is 48.8. The Hall–Kier alpha value is -7.15. The van der Waals surface area contributed by atoms with E-state index in [9.17, 15) is 24.3 Å². The molecule has 0 saturated carbocycles. The van der Waals surface area contributed by atoms with Crippen molar-refractivity contribution in [1.82, 2.24) is 38.9 Å². The lowest BCUT2D eigenvalue weighted by Gasteiger charge is -2.41. The second-order valence-electron chi connectivity index (χ2n) is 18.3. The average Bonchev–Trinajstić information content (AvgIpc) is 3.86. The monoisotopic (exact) mass is 967 g/mol. The van der Waals surface area contributed by atoms with E-state index in [2.05, 4.69) is 30.0 Å². The largest absolute Gasteiger partial charge is 0.478 e. The van der Waals surface area contributed by atoms with E-state index < -0.39 is 23.1 Å². The van der Waals surface area contributed by atoms with E-state index >= 15 is 0 Å². The molecule has 1 N–H and O–H groups in total. The van der Waals surface area contributed by atoms with E-state index in [0.717, 1.165) is 0 Å². The maximum Gasteiger partial charge on any atom is 0.410 e. The number of nitrogens with zero attached hydrogens (tertiary/aromatic N) is 13. The third-order valence-corrected chi connectivity index (χ3v) is 11.5. The molecule has 356 valence electrons. The van der Waals surface area contributed by atoms with Gasteiger partial charge in [-0.25, -0.2) is 34.3 Å². The number of benzene rings is 2. The quantitative estimate of drug-likeness (QED) is 0.0933. The molecule has 8 rings (SSSR count). The minimum absolute atomic E-state index is 0.0994. The Kier molecular flexibility index (Phi) is 14.1. The van der Waals surface area contributed by atoms with Gasteiger partial charge < -0.3 is 43.3 Å². The van der Waals surface area contributed by atoms with Gasteiger partial charge in [0, 0.05) is 90.1 Å². The summed E-state index contributed by atoms with van der Waals surface area (Å²) < 4.78 is 14.4. The first-order valence-electron chi connectivity index (χ1n) is 21.7. The molecule has 4 aromatic heterocycles. The number of fused-ring (bicyclic) bond motifs is 2. The van der Waals surface area contributed by atoms with Crippen molar-refractivity contribution in [2.45, 2.75) is 78.7 Å². The lowest BCUT2D eigenvalue weighted by molar-refractivity contribution is 0.0208. The summed E-state index contributed by atoms with van der Waals surface area (Å²) in [6.45, 7) is 17.6. The summed E-state index contributed by atoms with van der Waals surface area (Å²) >= 11 is 12.3. The lowest BCUT2D eigenvalue weighted by atomic mass is 10.1. The Bertz CT molecular complexity index is 2960. The van der Waals surface area contributed by atoms with Gasteiger partial charge in [-0.2, -0.15) is 0 Å². The number of hydrogen-bond acceptors (Lipinski definition) is 12. The molecule has 2 aliphatic heterocycles. The van der Waals surface area contributed by atoms with Gasteiger partial charge in [0.05, 0.1) is 21.9 Å². The number of piperazine rings is 2. The Labute approximate surface area is 401 Å². The molecule has 0 spiro atoms. The molecule has 2 atom stereocenters. The third-order valence-electron chi connectivity index (χ3n) is 11.0. The van der Waals surface area contributed by atoms with Gasteiger partial charge in [-0.3, -0.25) is 4.79 Å². The number of aromatic nitrogens is 6. The molecule has 2 fully saturated rings. The van der Waals surface area contributed by atoms with Crippen molar-refractivity contribution in [3.05, 3.63) is 105 Å². The number of carbonyl (C=O) groups excluding carboxylic acids is 3. The molecule has 20 nitrogen and oxygen atoms in total. The molecule has 6 heterocycles. The Morgan fingerprint density at radius 3 is 1.50 bits per heavy atom. The van der Waals surface area contributed by atoms with Gasteiger partial charge >= 0.3 is 18.2 Å². The van der Waals surface area contributed by atoms with Gasteiger partial charge in [-0.15, -0.1) is 0 Å². The molecule has 2 saturated heterocycles. The van der Waals surface area contributed by atoms with Crippen LogP contribution >= 0.6 is 23.2 Å². The van der Waals surface area contributed by atoms with E-state index in [1.165, 1.54) is 12.7 Å². The van der Waals surface area contributed by atoms with Crippen molar-refractivity contribution in [2.24, 2.45) is 5.11 Å². The van der Waals surface area contributed by atoms with Gasteiger partial charge in [0.1, 0.15) is 35.5 Å². The van der Waals surface area contributed by atoms with Crippen LogP contribution in [0.5, 0.6) is 0 Å². The zero-order valence-electron chi connectivity index (χ0n) is 38.8. The smallest absolute Gasteiger partial charge is 0.410 e. The third kappa shape index (κ3) is 10.7. The number of hydrogen-bond donors (Lipinski definition) is 1. The first-order valence-corrected chi connectivity index (χ1v) is 22.5. The number of aromatic carboxylic acids is 1. The molecule has 0 radical (unpaired) electrons. The van der Waals surface area contributed by atoms with Crippen LogP contribution in [0.3, 0.4) is 0 Å². The molecular formula is C46H51Cl2N13O7. The summed E-state index contributed by atoms with van der Waals surface area (Å²) in [5.41, 5.74) is 10.3. The maximum atomic E-state index is 12.8. The molecule has 0 bridgehead atoms. The van der Waals surface area contributed by atoms with Crippen LogP contribution in [-0.4, -0.2) is 131 Å².